The summed E-state index contributed by atoms with van der Waals surface area (Å²) in [5.74, 6) is 0.00868. The van der Waals surface area contributed by atoms with Crippen molar-refractivity contribution >= 4 is 22.9 Å². The number of rotatable bonds is 5. The van der Waals surface area contributed by atoms with E-state index in [1.165, 1.54) is 11.3 Å². The highest BCUT2D eigenvalue weighted by Crippen LogP contribution is 2.13. The lowest BCUT2D eigenvalue weighted by atomic mass is 10.2. The molecule has 0 saturated carbocycles. The number of amides is 1. The molecule has 0 fully saturated rings. The van der Waals surface area contributed by atoms with Crippen molar-refractivity contribution in [2.45, 2.75) is 26.7 Å². The van der Waals surface area contributed by atoms with E-state index in [0.717, 1.165) is 40.2 Å². The van der Waals surface area contributed by atoms with Gasteiger partial charge in [0.15, 0.2) is 5.65 Å². The van der Waals surface area contributed by atoms with Gasteiger partial charge in [0.1, 0.15) is 0 Å². The van der Waals surface area contributed by atoms with Crippen LogP contribution in [0.25, 0.3) is 5.65 Å². The van der Waals surface area contributed by atoms with E-state index in [9.17, 15) is 4.79 Å². The third kappa shape index (κ3) is 3.33. The lowest BCUT2D eigenvalue weighted by Gasteiger charge is -2.04. The monoisotopic (exact) mass is 314 g/mol. The molecule has 6 heteroatoms. The Hall–Kier alpha value is -2.21. The molecule has 0 atom stereocenters. The van der Waals surface area contributed by atoms with Gasteiger partial charge in [-0.05, 0) is 49.3 Å². The Morgan fingerprint density at radius 1 is 1.36 bits per heavy atom. The molecule has 0 aromatic carbocycles. The van der Waals surface area contributed by atoms with Gasteiger partial charge in [0.2, 0.25) is 0 Å². The molecule has 0 saturated heterocycles. The molecule has 0 aliphatic heterocycles. The second-order valence-corrected chi connectivity index (χ2v) is 6.31. The van der Waals surface area contributed by atoms with E-state index in [4.69, 9.17) is 0 Å². The molecule has 3 aromatic heterocycles. The molecule has 3 aromatic rings. The largest absolute Gasteiger partial charge is 0.351 e. The molecule has 0 unspecified atom stereocenters. The van der Waals surface area contributed by atoms with Crippen LogP contribution in [0.5, 0.6) is 0 Å². The Morgan fingerprint density at radius 2 is 2.23 bits per heavy atom. The van der Waals surface area contributed by atoms with Gasteiger partial charge in [-0.2, -0.15) is 5.10 Å². The van der Waals surface area contributed by atoms with E-state index in [1.807, 2.05) is 43.8 Å². The van der Waals surface area contributed by atoms with Gasteiger partial charge < -0.3 is 5.32 Å². The van der Waals surface area contributed by atoms with Crippen molar-refractivity contribution in [1.29, 1.82) is 0 Å². The first-order valence-electron chi connectivity index (χ1n) is 7.26. The van der Waals surface area contributed by atoms with Crippen LogP contribution >= 0.6 is 11.3 Å². The summed E-state index contributed by atoms with van der Waals surface area (Å²) in [6, 6.07) is 3.87. The van der Waals surface area contributed by atoms with E-state index in [1.54, 1.807) is 4.52 Å². The summed E-state index contributed by atoms with van der Waals surface area (Å²) in [7, 11) is 0. The predicted octanol–water partition coefficient (Wildman–Crippen LogP) is 2.77. The number of fused-ring (bicyclic) bond motifs is 1. The molecule has 114 valence electrons. The Labute approximate surface area is 133 Å². The summed E-state index contributed by atoms with van der Waals surface area (Å²) in [5.41, 5.74) is 4.08. The molecular formula is C16H18N4OS. The minimum absolute atomic E-state index is 0.00868. The smallest absolute Gasteiger partial charge is 0.261 e. The molecule has 0 aliphatic carbocycles. The number of hydrogen-bond acceptors (Lipinski definition) is 4. The summed E-state index contributed by atoms with van der Waals surface area (Å²) >= 11 is 1.48. The molecule has 0 aliphatic rings. The molecule has 1 N–H and O–H groups in total. The number of nitrogens with zero attached hydrogens (tertiary/aromatic N) is 3. The Balaban J connectivity index is 1.50. The second kappa shape index (κ2) is 6.27. The Morgan fingerprint density at radius 3 is 3.00 bits per heavy atom. The van der Waals surface area contributed by atoms with E-state index in [-0.39, 0.29) is 5.91 Å². The quantitative estimate of drug-likeness (QED) is 0.737. The van der Waals surface area contributed by atoms with E-state index >= 15 is 0 Å². The molecular weight excluding hydrogens is 296 g/mol. The van der Waals surface area contributed by atoms with E-state index < -0.39 is 0 Å². The molecule has 0 spiro atoms. The van der Waals surface area contributed by atoms with Crippen LogP contribution in [0, 0.1) is 13.8 Å². The molecule has 3 rings (SSSR count). The first-order valence-corrected chi connectivity index (χ1v) is 8.14. The normalized spacial score (nSPS) is 11.0. The van der Waals surface area contributed by atoms with Crippen LogP contribution in [-0.4, -0.2) is 27.0 Å². The molecule has 0 radical (unpaired) electrons. The predicted molar refractivity (Wildman–Crippen MR) is 87.4 cm³/mol. The Kier molecular flexibility index (Phi) is 4.20. The number of carbonyl (C=O) groups excluding carboxylic acids is 1. The van der Waals surface area contributed by atoms with Crippen molar-refractivity contribution in [2.75, 3.05) is 6.54 Å². The number of hydrogen-bond donors (Lipinski definition) is 1. The third-order valence-electron chi connectivity index (χ3n) is 3.37. The summed E-state index contributed by atoms with van der Waals surface area (Å²) < 4.78 is 1.80. The number of aromatic nitrogens is 3. The van der Waals surface area contributed by atoms with E-state index in [2.05, 4.69) is 15.4 Å². The van der Waals surface area contributed by atoms with Crippen molar-refractivity contribution in [2.24, 2.45) is 0 Å². The van der Waals surface area contributed by atoms with Crippen LogP contribution in [0.4, 0.5) is 0 Å². The Bertz CT molecular complexity index is 805. The lowest BCUT2D eigenvalue weighted by Crippen LogP contribution is -2.23. The minimum Gasteiger partial charge on any atom is -0.351 e. The van der Waals surface area contributed by atoms with Crippen LogP contribution in [0.1, 0.15) is 32.9 Å². The maximum absolute atomic E-state index is 11.9. The maximum Gasteiger partial charge on any atom is 0.261 e. The van der Waals surface area contributed by atoms with Crippen molar-refractivity contribution in [1.82, 2.24) is 19.9 Å². The van der Waals surface area contributed by atoms with Gasteiger partial charge in [-0.25, -0.2) is 9.50 Å². The number of nitrogens with one attached hydrogen (secondary N) is 1. The van der Waals surface area contributed by atoms with Gasteiger partial charge in [0.05, 0.1) is 10.6 Å². The zero-order valence-corrected chi connectivity index (χ0v) is 13.5. The van der Waals surface area contributed by atoms with Gasteiger partial charge in [0, 0.05) is 25.0 Å². The van der Waals surface area contributed by atoms with Gasteiger partial charge in [-0.3, -0.25) is 4.79 Å². The van der Waals surface area contributed by atoms with E-state index in [0.29, 0.717) is 6.54 Å². The van der Waals surface area contributed by atoms with Crippen LogP contribution in [-0.2, 0) is 6.42 Å². The SMILES string of the molecule is Cc1csc(C(=O)NCCCc2cnc3cc(C)nn3c2)c1. The summed E-state index contributed by atoms with van der Waals surface area (Å²) in [6.07, 6.45) is 5.62. The highest BCUT2D eigenvalue weighted by Gasteiger charge is 2.07. The topological polar surface area (TPSA) is 59.3 Å². The first kappa shape index (κ1) is 14.7. The van der Waals surface area contributed by atoms with Crippen molar-refractivity contribution in [3.8, 4) is 0 Å². The van der Waals surface area contributed by atoms with Gasteiger partial charge in [-0.15, -0.1) is 11.3 Å². The molecule has 1 amide bonds. The van der Waals surface area contributed by atoms with Crippen LogP contribution < -0.4 is 5.32 Å². The van der Waals surface area contributed by atoms with Crippen molar-refractivity contribution < 1.29 is 4.79 Å². The number of aryl methyl sites for hydroxylation is 3. The zero-order chi connectivity index (χ0) is 15.5. The zero-order valence-electron chi connectivity index (χ0n) is 12.7. The summed E-state index contributed by atoms with van der Waals surface area (Å²) in [4.78, 5) is 17.1. The third-order valence-corrected chi connectivity index (χ3v) is 4.42. The molecule has 22 heavy (non-hydrogen) atoms. The minimum atomic E-state index is 0.00868. The average molecular weight is 314 g/mol. The fourth-order valence-corrected chi connectivity index (χ4v) is 3.11. The van der Waals surface area contributed by atoms with Crippen LogP contribution in [0.2, 0.25) is 0 Å². The highest BCUT2D eigenvalue weighted by molar-refractivity contribution is 7.12. The molecule has 0 bridgehead atoms. The van der Waals surface area contributed by atoms with Gasteiger partial charge >= 0.3 is 0 Å². The molecule has 3 heterocycles. The maximum atomic E-state index is 11.9. The fourth-order valence-electron chi connectivity index (χ4n) is 2.29. The summed E-state index contributed by atoms with van der Waals surface area (Å²) in [5, 5.41) is 9.30. The van der Waals surface area contributed by atoms with Crippen LogP contribution in [0.3, 0.4) is 0 Å². The summed E-state index contributed by atoms with van der Waals surface area (Å²) in [6.45, 7) is 4.61. The van der Waals surface area contributed by atoms with Crippen LogP contribution in [0.15, 0.2) is 29.9 Å². The highest BCUT2D eigenvalue weighted by atomic mass is 32.1. The second-order valence-electron chi connectivity index (χ2n) is 5.40. The lowest BCUT2D eigenvalue weighted by molar-refractivity contribution is 0.0957. The average Bonchev–Trinajstić information content (AvgIpc) is 3.07. The van der Waals surface area contributed by atoms with Gasteiger partial charge in [0.25, 0.3) is 5.91 Å². The van der Waals surface area contributed by atoms with Crippen molar-refractivity contribution in [3.05, 3.63) is 51.6 Å². The standard InChI is InChI=1S/C16H18N4OS/c1-11-6-14(22-10-11)16(21)17-5-3-4-13-8-18-15-7-12(2)19-20(15)9-13/h6-10H,3-5H2,1-2H3,(H,17,21). The fraction of sp³-hybridized carbons (Fsp3) is 0.312. The molecule has 5 nitrogen and oxygen atoms in total. The first-order chi connectivity index (χ1) is 10.6. The number of carbonyl (C=O) groups is 1. The van der Waals surface area contributed by atoms with Crippen molar-refractivity contribution in [3.63, 3.8) is 0 Å². The van der Waals surface area contributed by atoms with Gasteiger partial charge in [-0.1, -0.05) is 0 Å². The number of thiophene rings is 1.